The molecule has 4 aromatic rings. The van der Waals surface area contributed by atoms with Crippen LogP contribution in [-0.2, 0) is 11.3 Å². The molecule has 0 bridgehead atoms. The number of nitrogens with zero attached hydrogens (tertiary/aromatic N) is 1. The lowest BCUT2D eigenvalue weighted by Gasteiger charge is -2.56. The van der Waals surface area contributed by atoms with Crippen molar-refractivity contribution in [1.82, 2.24) is 9.88 Å². The second-order valence-corrected chi connectivity index (χ2v) is 10.7. The number of carboxylic acid groups (broad SMARTS) is 1. The highest BCUT2D eigenvalue weighted by atomic mass is 19.1. The van der Waals surface area contributed by atoms with Gasteiger partial charge < -0.3 is 19.7 Å². The van der Waals surface area contributed by atoms with Crippen molar-refractivity contribution in [2.45, 2.75) is 38.3 Å². The van der Waals surface area contributed by atoms with Crippen molar-refractivity contribution in [3.05, 3.63) is 89.9 Å². The van der Waals surface area contributed by atoms with Gasteiger partial charge in [-0.2, -0.15) is 0 Å². The third-order valence-electron chi connectivity index (χ3n) is 8.25. The summed E-state index contributed by atoms with van der Waals surface area (Å²) in [7, 11) is 1.64. The Balaban J connectivity index is 1.18. The third-order valence-corrected chi connectivity index (χ3v) is 8.25. The number of hydrogen-bond acceptors (Lipinski definition) is 3. The number of amides is 1. The number of benzene rings is 3. The lowest BCUT2D eigenvalue weighted by Crippen LogP contribution is -2.57. The van der Waals surface area contributed by atoms with Gasteiger partial charge in [0.15, 0.2) is 0 Å². The number of fused-ring (bicyclic) bond motifs is 1. The van der Waals surface area contributed by atoms with E-state index in [1.165, 1.54) is 6.07 Å². The maximum Gasteiger partial charge on any atom is 0.306 e. The monoisotopic (exact) mass is 512 g/mol. The molecule has 7 heteroatoms. The van der Waals surface area contributed by atoms with Crippen LogP contribution in [0, 0.1) is 17.2 Å². The first-order valence-electron chi connectivity index (χ1n) is 12.9. The number of aliphatic carboxylic acids is 1. The first-order valence-corrected chi connectivity index (χ1v) is 12.9. The summed E-state index contributed by atoms with van der Waals surface area (Å²) in [4.78, 5) is 24.4. The van der Waals surface area contributed by atoms with Gasteiger partial charge in [0.05, 0.1) is 24.1 Å². The van der Waals surface area contributed by atoms with Crippen LogP contribution in [-0.4, -0.2) is 34.7 Å². The molecule has 0 saturated heterocycles. The summed E-state index contributed by atoms with van der Waals surface area (Å²) in [6.07, 6.45) is 4.80. The van der Waals surface area contributed by atoms with E-state index in [9.17, 15) is 14.0 Å². The van der Waals surface area contributed by atoms with Crippen molar-refractivity contribution in [1.29, 1.82) is 0 Å². The van der Waals surface area contributed by atoms with Crippen molar-refractivity contribution in [3.63, 3.8) is 0 Å². The zero-order chi connectivity index (χ0) is 26.4. The Bertz CT molecular complexity index is 1510. The molecule has 6 nitrogen and oxygen atoms in total. The van der Waals surface area contributed by atoms with Gasteiger partial charge in [-0.1, -0.05) is 36.4 Å². The van der Waals surface area contributed by atoms with Crippen LogP contribution in [0.2, 0.25) is 0 Å². The average molecular weight is 513 g/mol. The van der Waals surface area contributed by atoms with Crippen LogP contribution in [0.15, 0.2) is 72.9 Å². The van der Waals surface area contributed by atoms with E-state index >= 15 is 0 Å². The number of halogens is 1. The van der Waals surface area contributed by atoms with Crippen LogP contribution in [0.5, 0.6) is 5.75 Å². The molecule has 2 fully saturated rings. The Morgan fingerprint density at radius 1 is 0.974 bits per heavy atom. The lowest BCUT2D eigenvalue weighted by atomic mass is 9.50. The largest absolute Gasteiger partial charge is 0.497 e. The van der Waals surface area contributed by atoms with Crippen molar-refractivity contribution < 1.29 is 23.8 Å². The quantitative estimate of drug-likeness (QED) is 0.324. The van der Waals surface area contributed by atoms with E-state index in [-0.39, 0.29) is 29.1 Å². The molecule has 1 spiro atoms. The van der Waals surface area contributed by atoms with Crippen molar-refractivity contribution in [2.24, 2.45) is 11.3 Å². The van der Waals surface area contributed by atoms with Crippen molar-refractivity contribution >= 4 is 22.8 Å². The van der Waals surface area contributed by atoms with Gasteiger partial charge in [0.25, 0.3) is 5.91 Å². The number of rotatable bonds is 7. The minimum atomic E-state index is -0.729. The van der Waals surface area contributed by atoms with E-state index in [2.05, 4.69) is 17.4 Å². The van der Waals surface area contributed by atoms with E-state index in [4.69, 9.17) is 9.84 Å². The molecule has 2 aliphatic rings. The van der Waals surface area contributed by atoms with Crippen LogP contribution in [0.3, 0.4) is 0 Å². The Morgan fingerprint density at radius 2 is 1.63 bits per heavy atom. The lowest BCUT2D eigenvalue weighted by molar-refractivity contribution is -0.155. The molecule has 0 unspecified atom stereocenters. The summed E-state index contributed by atoms with van der Waals surface area (Å²) in [6.45, 7) is 0.499. The molecule has 3 aromatic carbocycles. The Labute approximate surface area is 220 Å². The van der Waals surface area contributed by atoms with E-state index in [1.807, 2.05) is 47.2 Å². The molecular formula is C31H29FN2O4. The van der Waals surface area contributed by atoms with Crippen LogP contribution in [0.25, 0.3) is 22.0 Å². The zero-order valence-corrected chi connectivity index (χ0v) is 21.1. The molecule has 0 atom stereocenters. The summed E-state index contributed by atoms with van der Waals surface area (Å²) < 4.78 is 21.8. The Hall–Kier alpha value is -4.13. The molecule has 2 saturated carbocycles. The molecule has 1 aromatic heterocycles. The number of hydrogen-bond donors (Lipinski definition) is 2. The molecule has 2 N–H and O–H groups in total. The van der Waals surface area contributed by atoms with Gasteiger partial charge in [0, 0.05) is 24.2 Å². The highest BCUT2D eigenvalue weighted by molar-refractivity contribution is 6.06. The average Bonchev–Trinajstić information content (AvgIpc) is 3.29. The van der Waals surface area contributed by atoms with Gasteiger partial charge in [0.1, 0.15) is 11.6 Å². The second-order valence-electron chi connectivity index (χ2n) is 10.7. The van der Waals surface area contributed by atoms with Gasteiger partial charge in [-0.05, 0) is 78.1 Å². The summed E-state index contributed by atoms with van der Waals surface area (Å²) in [6, 6.07) is 20.7. The molecule has 194 valence electrons. The molecule has 6 rings (SSSR count). The molecule has 1 heterocycles. The number of ether oxygens (including phenoxy) is 1. The number of methoxy groups -OCH3 is 1. The predicted octanol–water partition coefficient (Wildman–Crippen LogP) is 5.88. The predicted molar refractivity (Wildman–Crippen MR) is 143 cm³/mol. The van der Waals surface area contributed by atoms with Gasteiger partial charge in [-0.15, -0.1) is 0 Å². The fourth-order valence-electron chi connectivity index (χ4n) is 6.23. The number of carbonyl (C=O) groups is 2. The Kier molecular flexibility index (Phi) is 5.94. The molecule has 2 aliphatic carbocycles. The van der Waals surface area contributed by atoms with Crippen molar-refractivity contribution in [3.8, 4) is 16.9 Å². The van der Waals surface area contributed by atoms with E-state index in [0.717, 1.165) is 35.3 Å². The molecular weight excluding hydrogens is 483 g/mol. The third kappa shape index (κ3) is 4.32. The fraction of sp³-hybridized carbons (Fsp3) is 0.290. The fourth-order valence-corrected chi connectivity index (χ4v) is 6.23. The Morgan fingerprint density at radius 3 is 2.26 bits per heavy atom. The summed E-state index contributed by atoms with van der Waals surface area (Å²) >= 11 is 0. The van der Waals surface area contributed by atoms with Gasteiger partial charge >= 0.3 is 5.97 Å². The maximum absolute atomic E-state index is 14.7. The standard InChI is InChI=1S/C31H29FN2O4/c1-38-24-8-6-21(7-9-24)20-4-2-19(3-5-20)18-34-13-12-25-27(32)11-10-26(28(25)34)29(35)33-23-16-31(17-23)14-22(15-31)30(36)37/h2-13,22-23H,14-18H2,1H3,(H,33,35)(H,36,37). The number of aromatic nitrogens is 1. The van der Waals surface area contributed by atoms with Crippen LogP contribution in [0.4, 0.5) is 4.39 Å². The summed E-state index contributed by atoms with van der Waals surface area (Å²) in [5.74, 6) is -0.755. The highest BCUT2D eigenvalue weighted by Crippen LogP contribution is 2.58. The minimum absolute atomic E-state index is 0.0197. The molecule has 0 radical (unpaired) electrons. The van der Waals surface area contributed by atoms with Crippen LogP contribution in [0.1, 0.15) is 41.6 Å². The van der Waals surface area contributed by atoms with E-state index in [1.54, 1.807) is 19.2 Å². The number of nitrogens with one attached hydrogen (secondary N) is 1. The van der Waals surface area contributed by atoms with E-state index < -0.39 is 5.97 Å². The van der Waals surface area contributed by atoms with Crippen molar-refractivity contribution in [2.75, 3.05) is 7.11 Å². The summed E-state index contributed by atoms with van der Waals surface area (Å²) in [5.41, 5.74) is 4.29. The number of carboxylic acids is 1. The topological polar surface area (TPSA) is 80.6 Å². The van der Waals surface area contributed by atoms with Gasteiger partial charge in [-0.25, -0.2) is 4.39 Å². The van der Waals surface area contributed by atoms with Crippen LogP contribution < -0.4 is 10.1 Å². The smallest absolute Gasteiger partial charge is 0.306 e. The van der Waals surface area contributed by atoms with Gasteiger partial charge in [0.2, 0.25) is 0 Å². The van der Waals surface area contributed by atoms with Gasteiger partial charge in [-0.3, -0.25) is 9.59 Å². The van der Waals surface area contributed by atoms with Crippen LogP contribution >= 0.6 is 0 Å². The SMILES string of the molecule is COc1ccc(-c2ccc(Cn3ccc4c(F)ccc(C(=O)NC5CC6(C5)CC(C(=O)O)C6)c43)cc2)cc1. The molecule has 38 heavy (non-hydrogen) atoms. The first kappa shape index (κ1) is 24.2. The second kappa shape index (κ2) is 9.31. The maximum atomic E-state index is 14.7. The molecule has 0 aliphatic heterocycles. The first-order chi connectivity index (χ1) is 18.3. The zero-order valence-electron chi connectivity index (χ0n) is 21.1. The summed E-state index contributed by atoms with van der Waals surface area (Å²) in [5, 5.41) is 12.7. The van der Waals surface area contributed by atoms with E-state index in [0.29, 0.717) is 35.9 Å². The molecule has 1 amide bonds. The normalized spacial score (nSPS) is 22.1. The highest BCUT2D eigenvalue weighted by Gasteiger charge is 2.55. The number of carbonyl (C=O) groups excluding carboxylic acids is 1. The minimum Gasteiger partial charge on any atom is -0.497 e.